The molecule has 0 aromatic heterocycles. The van der Waals surface area contributed by atoms with E-state index in [0.717, 1.165) is 23.6 Å². The summed E-state index contributed by atoms with van der Waals surface area (Å²) < 4.78 is 0. The van der Waals surface area contributed by atoms with Gasteiger partial charge in [-0.3, -0.25) is 4.90 Å². The summed E-state index contributed by atoms with van der Waals surface area (Å²) in [5.74, 6) is 2.77. The zero-order valence-electron chi connectivity index (χ0n) is 11.8. The van der Waals surface area contributed by atoms with Crippen LogP contribution >= 0.6 is 12.6 Å². The van der Waals surface area contributed by atoms with Crippen LogP contribution < -0.4 is 0 Å². The Morgan fingerprint density at radius 3 is 2.53 bits per heavy atom. The van der Waals surface area contributed by atoms with Gasteiger partial charge < -0.3 is 0 Å². The second-order valence-corrected chi connectivity index (χ2v) is 7.51. The fraction of sp³-hybridized carbons (Fsp3) is 1.00. The topological polar surface area (TPSA) is 3.24 Å². The molecule has 0 bridgehead atoms. The monoisotopic (exact) mass is 255 g/mol. The standard InChI is InChI=1S/C15H29NS/c1-15(2,3)13(11-17)10-16-9-8-12-6-4-5-7-14(12)16/h12-14,17H,4-11H2,1-3H3. The quantitative estimate of drug-likeness (QED) is 0.750. The molecule has 0 amide bonds. The fourth-order valence-electron chi connectivity index (χ4n) is 3.62. The van der Waals surface area contributed by atoms with E-state index in [9.17, 15) is 0 Å². The highest BCUT2D eigenvalue weighted by Gasteiger charge is 2.37. The van der Waals surface area contributed by atoms with Gasteiger partial charge in [-0.1, -0.05) is 33.6 Å². The Bertz CT molecular complexity index is 246. The van der Waals surface area contributed by atoms with Crippen molar-refractivity contribution in [3.63, 3.8) is 0 Å². The first kappa shape index (κ1) is 13.7. The van der Waals surface area contributed by atoms with Gasteiger partial charge >= 0.3 is 0 Å². The Labute approximate surface area is 113 Å². The third kappa shape index (κ3) is 3.20. The zero-order valence-corrected chi connectivity index (χ0v) is 12.7. The van der Waals surface area contributed by atoms with Gasteiger partial charge in [-0.25, -0.2) is 0 Å². The minimum Gasteiger partial charge on any atom is -0.300 e. The van der Waals surface area contributed by atoms with Crippen LogP contribution in [0.15, 0.2) is 0 Å². The Morgan fingerprint density at radius 1 is 1.18 bits per heavy atom. The summed E-state index contributed by atoms with van der Waals surface area (Å²) >= 11 is 4.57. The molecule has 100 valence electrons. The van der Waals surface area contributed by atoms with Crippen molar-refractivity contribution in [2.24, 2.45) is 17.3 Å². The van der Waals surface area contributed by atoms with Gasteiger partial charge in [0.15, 0.2) is 0 Å². The van der Waals surface area contributed by atoms with Gasteiger partial charge in [0.05, 0.1) is 0 Å². The molecule has 3 atom stereocenters. The van der Waals surface area contributed by atoms with Crippen LogP contribution in [0, 0.1) is 17.3 Å². The highest BCUT2D eigenvalue weighted by molar-refractivity contribution is 7.80. The lowest BCUT2D eigenvalue weighted by Gasteiger charge is -2.37. The van der Waals surface area contributed by atoms with Crippen molar-refractivity contribution < 1.29 is 0 Å². The lowest BCUT2D eigenvalue weighted by atomic mass is 9.80. The summed E-state index contributed by atoms with van der Waals surface area (Å²) in [6.45, 7) is 9.71. The summed E-state index contributed by atoms with van der Waals surface area (Å²) in [5, 5.41) is 0. The number of hydrogen-bond donors (Lipinski definition) is 1. The molecule has 2 fully saturated rings. The van der Waals surface area contributed by atoms with Crippen LogP contribution in [0.3, 0.4) is 0 Å². The number of rotatable bonds is 3. The lowest BCUT2D eigenvalue weighted by Crippen LogP contribution is -2.41. The molecule has 1 heterocycles. The normalized spacial score (nSPS) is 32.5. The van der Waals surface area contributed by atoms with Gasteiger partial charge in [-0.2, -0.15) is 12.6 Å². The number of hydrogen-bond acceptors (Lipinski definition) is 2. The van der Waals surface area contributed by atoms with E-state index >= 15 is 0 Å². The predicted molar refractivity (Wildman–Crippen MR) is 78.7 cm³/mol. The minimum atomic E-state index is 0.397. The van der Waals surface area contributed by atoms with Gasteiger partial charge in [0.25, 0.3) is 0 Å². The average molecular weight is 255 g/mol. The van der Waals surface area contributed by atoms with Crippen molar-refractivity contribution in [1.29, 1.82) is 0 Å². The molecule has 17 heavy (non-hydrogen) atoms. The van der Waals surface area contributed by atoms with Crippen LogP contribution in [0.1, 0.15) is 52.9 Å². The summed E-state index contributed by atoms with van der Waals surface area (Å²) in [6, 6.07) is 0.911. The van der Waals surface area contributed by atoms with Crippen LogP contribution in [-0.4, -0.2) is 29.8 Å². The molecular weight excluding hydrogens is 226 g/mol. The number of fused-ring (bicyclic) bond motifs is 1. The molecule has 1 aliphatic carbocycles. The molecule has 2 rings (SSSR count). The first-order valence-corrected chi connectivity index (χ1v) is 8.00. The van der Waals surface area contributed by atoms with Gasteiger partial charge in [-0.15, -0.1) is 0 Å². The molecule has 2 aliphatic rings. The third-order valence-electron chi connectivity index (χ3n) is 5.03. The minimum absolute atomic E-state index is 0.397. The molecule has 1 nitrogen and oxygen atoms in total. The fourth-order valence-corrected chi connectivity index (χ4v) is 4.28. The Hall–Kier alpha value is 0.310. The van der Waals surface area contributed by atoms with Crippen molar-refractivity contribution in [1.82, 2.24) is 4.90 Å². The molecule has 1 saturated heterocycles. The average Bonchev–Trinajstić information content (AvgIpc) is 2.67. The van der Waals surface area contributed by atoms with E-state index in [2.05, 4.69) is 38.3 Å². The summed E-state index contributed by atoms with van der Waals surface area (Å²) in [7, 11) is 0. The highest BCUT2D eigenvalue weighted by Crippen LogP contribution is 2.38. The van der Waals surface area contributed by atoms with E-state index in [0.29, 0.717) is 5.41 Å². The van der Waals surface area contributed by atoms with E-state index in [1.165, 1.54) is 45.2 Å². The van der Waals surface area contributed by atoms with Crippen LogP contribution in [0.4, 0.5) is 0 Å². The Kier molecular flexibility index (Phi) is 4.46. The molecule has 0 spiro atoms. The molecule has 3 unspecified atom stereocenters. The van der Waals surface area contributed by atoms with E-state index < -0.39 is 0 Å². The second-order valence-electron chi connectivity index (χ2n) is 7.14. The molecule has 1 saturated carbocycles. The molecule has 0 radical (unpaired) electrons. The molecule has 0 aromatic carbocycles. The lowest BCUT2D eigenvalue weighted by molar-refractivity contribution is 0.125. The van der Waals surface area contributed by atoms with Crippen LogP contribution in [0.5, 0.6) is 0 Å². The summed E-state index contributed by atoms with van der Waals surface area (Å²) in [4.78, 5) is 2.79. The largest absolute Gasteiger partial charge is 0.300 e. The molecule has 0 N–H and O–H groups in total. The van der Waals surface area contributed by atoms with E-state index in [1.807, 2.05) is 0 Å². The first-order chi connectivity index (χ1) is 8.02. The smallest absolute Gasteiger partial charge is 0.0124 e. The van der Waals surface area contributed by atoms with Crippen LogP contribution in [0.2, 0.25) is 0 Å². The molecule has 0 aromatic rings. The van der Waals surface area contributed by atoms with Crippen LogP contribution in [0.25, 0.3) is 0 Å². The maximum atomic E-state index is 4.57. The van der Waals surface area contributed by atoms with E-state index in [4.69, 9.17) is 0 Å². The second kappa shape index (κ2) is 5.52. The van der Waals surface area contributed by atoms with E-state index in [1.54, 1.807) is 0 Å². The van der Waals surface area contributed by atoms with Crippen molar-refractivity contribution in [2.45, 2.75) is 58.9 Å². The number of thiol groups is 1. The van der Waals surface area contributed by atoms with Gasteiger partial charge in [0.1, 0.15) is 0 Å². The van der Waals surface area contributed by atoms with Gasteiger partial charge in [0, 0.05) is 12.6 Å². The molecule has 2 heteroatoms. The summed E-state index contributed by atoms with van der Waals surface area (Å²) in [6.07, 6.45) is 7.33. The Morgan fingerprint density at radius 2 is 1.88 bits per heavy atom. The summed E-state index contributed by atoms with van der Waals surface area (Å²) in [5.41, 5.74) is 0.397. The number of nitrogens with zero attached hydrogens (tertiary/aromatic N) is 1. The van der Waals surface area contributed by atoms with Crippen molar-refractivity contribution in [3.05, 3.63) is 0 Å². The van der Waals surface area contributed by atoms with Crippen molar-refractivity contribution in [3.8, 4) is 0 Å². The number of likely N-dealkylation sites (tertiary alicyclic amines) is 1. The maximum absolute atomic E-state index is 4.57. The molecule has 1 aliphatic heterocycles. The van der Waals surface area contributed by atoms with Gasteiger partial charge in [0.2, 0.25) is 0 Å². The van der Waals surface area contributed by atoms with Crippen molar-refractivity contribution in [2.75, 3.05) is 18.8 Å². The predicted octanol–water partition coefficient (Wildman–Crippen LogP) is 3.84. The first-order valence-electron chi connectivity index (χ1n) is 7.37. The molecular formula is C15H29NS. The third-order valence-corrected chi connectivity index (χ3v) is 5.47. The van der Waals surface area contributed by atoms with Crippen molar-refractivity contribution >= 4 is 12.6 Å². The van der Waals surface area contributed by atoms with Crippen LogP contribution in [-0.2, 0) is 0 Å². The highest BCUT2D eigenvalue weighted by atomic mass is 32.1. The maximum Gasteiger partial charge on any atom is 0.0124 e. The zero-order chi connectivity index (χ0) is 12.5. The van der Waals surface area contributed by atoms with Gasteiger partial charge in [-0.05, 0) is 48.8 Å². The van der Waals surface area contributed by atoms with E-state index in [-0.39, 0.29) is 0 Å². The SMILES string of the molecule is CC(C)(C)C(CS)CN1CCC2CCCCC21. The Balaban J connectivity index is 1.94.